The Balaban J connectivity index is 1.55. The standard InChI is InChI=1S/C29H31BrCl2N2O8/c30-15-34-26(40)28(31)14-19-16(23(29(28,32)27(34)41)17-6-3-4-7-20(17)42-13-12-35)9-10-18-22(19)25(39)33(24(18)38)11-5-1-2-8-21(36)37/h3-4,6-7,9,18-19,22-23,35H,1-2,5,8,10-15H2,(H,36,37)/t18-,19+,22-,23+,28+,29-/m0/s1. The van der Waals surface area contributed by atoms with Gasteiger partial charge in [-0.25, -0.2) is 0 Å². The number of alkyl halides is 3. The summed E-state index contributed by atoms with van der Waals surface area (Å²) in [6, 6.07) is 6.88. The number of carboxylic acid groups (broad SMARTS) is 1. The highest BCUT2D eigenvalue weighted by atomic mass is 79.9. The SMILES string of the molecule is O=C(O)CCCCCN1C(=O)[C@H]2[C@H](CC=C3[C@H]2C[C@@]2(Cl)C(=O)N(CBr)C(=O)[C@@]2(Cl)[C@H]3c2ccccc2OCCO)C1=O. The van der Waals surface area contributed by atoms with Crippen molar-refractivity contribution in [3.8, 4) is 5.75 Å². The molecule has 42 heavy (non-hydrogen) atoms. The van der Waals surface area contributed by atoms with Gasteiger partial charge in [0, 0.05) is 24.4 Å². The summed E-state index contributed by atoms with van der Waals surface area (Å²) in [4.78, 5) is 64.1. The zero-order valence-electron chi connectivity index (χ0n) is 22.6. The lowest BCUT2D eigenvalue weighted by atomic mass is 9.56. The molecule has 6 atom stereocenters. The highest BCUT2D eigenvalue weighted by molar-refractivity contribution is 9.09. The van der Waals surface area contributed by atoms with Crippen LogP contribution in [-0.4, -0.2) is 84.6 Å². The van der Waals surface area contributed by atoms with Crippen LogP contribution in [0.25, 0.3) is 0 Å². The van der Waals surface area contributed by atoms with E-state index in [9.17, 15) is 29.1 Å². The van der Waals surface area contributed by atoms with Crippen molar-refractivity contribution in [1.29, 1.82) is 0 Å². The van der Waals surface area contributed by atoms with Gasteiger partial charge >= 0.3 is 5.97 Å². The Bertz CT molecular complexity index is 1360. The molecule has 5 rings (SSSR count). The van der Waals surface area contributed by atoms with E-state index in [4.69, 9.17) is 33.0 Å². The van der Waals surface area contributed by atoms with E-state index in [1.54, 1.807) is 24.3 Å². The molecule has 0 unspecified atom stereocenters. The van der Waals surface area contributed by atoms with E-state index in [2.05, 4.69) is 15.9 Å². The van der Waals surface area contributed by atoms with E-state index in [1.165, 1.54) is 4.90 Å². The summed E-state index contributed by atoms with van der Waals surface area (Å²) < 4.78 is 5.82. The van der Waals surface area contributed by atoms with Gasteiger partial charge in [0.05, 0.1) is 23.9 Å². The number of carbonyl (C=O) groups excluding carboxylic acids is 4. The quantitative estimate of drug-likeness (QED) is 0.119. The minimum atomic E-state index is -1.94. The van der Waals surface area contributed by atoms with Crippen LogP contribution in [0.4, 0.5) is 0 Å². The predicted molar refractivity (Wildman–Crippen MR) is 155 cm³/mol. The number of amides is 4. The molecule has 2 saturated heterocycles. The summed E-state index contributed by atoms with van der Waals surface area (Å²) in [6.07, 6.45) is 3.49. The lowest BCUT2D eigenvalue weighted by molar-refractivity contribution is -0.141. The average Bonchev–Trinajstić information content (AvgIpc) is 3.29. The van der Waals surface area contributed by atoms with Gasteiger partial charge in [0.15, 0.2) is 9.75 Å². The lowest BCUT2D eigenvalue weighted by Gasteiger charge is -2.51. The number of unbranched alkanes of at least 4 members (excludes halogenated alkanes) is 2. The minimum absolute atomic E-state index is 0.0174. The number of likely N-dealkylation sites (tertiary alicyclic amines) is 2. The molecule has 13 heteroatoms. The highest BCUT2D eigenvalue weighted by Gasteiger charge is 2.76. The molecule has 10 nitrogen and oxygen atoms in total. The molecule has 4 aliphatic rings. The third kappa shape index (κ3) is 4.67. The summed E-state index contributed by atoms with van der Waals surface area (Å²) >= 11 is 17.7. The third-order valence-corrected chi connectivity index (χ3v) is 10.9. The number of rotatable bonds is 11. The van der Waals surface area contributed by atoms with Crippen LogP contribution in [0.5, 0.6) is 5.75 Å². The van der Waals surface area contributed by atoms with E-state index in [0.29, 0.717) is 36.1 Å². The summed E-state index contributed by atoms with van der Waals surface area (Å²) in [7, 11) is 0. The van der Waals surface area contributed by atoms with E-state index in [0.717, 1.165) is 4.90 Å². The van der Waals surface area contributed by atoms with Gasteiger partial charge < -0.3 is 14.9 Å². The molecule has 1 saturated carbocycles. The number of aliphatic carboxylic acids is 1. The largest absolute Gasteiger partial charge is 0.491 e. The van der Waals surface area contributed by atoms with E-state index < -0.39 is 51.2 Å². The summed E-state index contributed by atoms with van der Waals surface area (Å²) in [6.45, 7) is -0.0993. The van der Waals surface area contributed by atoms with Crippen molar-refractivity contribution in [3.63, 3.8) is 0 Å². The van der Waals surface area contributed by atoms with Crippen LogP contribution >= 0.6 is 39.1 Å². The maximum absolute atomic E-state index is 13.9. The van der Waals surface area contributed by atoms with Gasteiger partial charge in [-0.15, -0.1) is 23.2 Å². The molecule has 2 aliphatic carbocycles. The van der Waals surface area contributed by atoms with Gasteiger partial charge in [-0.2, -0.15) is 0 Å². The molecular formula is C29H31BrCl2N2O8. The molecule has 2 aliphatic heterocycles. The fourth-order valence-electron chi connectivity index (χ4n) is 7.11. The molecule has 0 aromatic heterocycles. The van der Waals surface area contributed by atoms with E-state index >= 15 is 0 Å². The van der Waals surface area contributed by atoms with E-state index in [-0.39, 0.29) is 56.3 Å². The number of para-hydroxylation sites is 1. The van der Waals surface area contributed by atoms with Gasteiger partial charge in [0.25, 0.3) is 11.8 Å². The smallest absolute Gasteiger partial charge is 0.303 e. The fourth-order valence-corrected chi connectivity index (χ4v) is 8.53. The zero-order chi connectivity index (χ0) is 30.4. The number of halogens is 3. The molecule has 0 bridgehead atoms. The number of hydrogen-bond acceptors (Lipinski definition) is 7. The van der Waals surface area contributed by atoms with Crippen LogP contribution in [-0.2, 0) is 24.0 Å². The first kappa shape index (κ1) is 31.0. The molecule has 2 heterocycles. The number of allylic oxidation sites excluding steroid dienone is 2. The maximum Gasteiger partial charge on any atom is 0.303 e. The number of aliphatic hydroxyl groups excluding tert-OH is 1. The number of fused-ring (bicyclic) bond motifs is 4. The van der Waals surface area contributed by atoms with Crippen molar-refractivity contribution >= 4 is 68.7 Å². The molecule has 1 aromatic carbocycles. The molecule has 0 spiro atoms. The van der Waals surface area contributed by atoms with Crippen molar-refractivity contribution < 1.29 is 38.9 Å². The number of nitrogens with zero attached hydrogens (tertiary/aromatic N) is 2. The van der Waals surface area contributed by atoms with Gasteiger partial charge in [-0.1, -0.05) is 52.2 Å². The second-order valence-electron chi connectivity index (χ2n) is 11.1. The number of ether oxygens (including phenoxy) is 1. The Labute approximate surface area is 261 Å². The first-order chi connectivity index (χ1) is 20.0. The molecule has 4 amide bonds. The van der Waals surface area contributed by atoms with Crippen molar-refractivity contribution in [1.82, 2.24) is 9.80 Å². The molecule has 0 radical (unpaired) electrons. The lowest BCUT2D eigenvalue weighted by Crippen LogP contribution is -2.60. The number of benzene rings is 1. The number of aliphatic hydroxyl groups is 1. The summed E-state index contributed by atoms with van der Waals surface area (Å²) in [5, 5.41) is 18.3. The topological polar surface area (TPSA) is 142 Å². The van der Waals surface area contributed by atoms with Crippen LogP contribution in [0.15, 0.2) is 35.9 Å². The number of carboxylic acids is 1. The number of carbonyl (C=O) groups is 5. The van der Waals surface area contributed by atoms with Gasteiger partial charge in [-0.3, -0.25) is 33.8 Å². The van der Waals surface area contributed by atoms with Crippen LogP contribution in [0, 0.1) is 17.8 Å². The minimum Gasteiger partial charge on any atom is -0.491 e. The van der Waals surface area contributed by atoms with Crippen molar-refractivity contribution in [2.75, 3.05) is 25.2 Å². The Morgan fingerprint density at radius 2 is 1.76 bits per heavy atom. The van der Waals surface area contributed by atoms with Crippen LogP contribution < -0.4 is 4.74 Å². The van der Waals surface area contributed by atoms with Crippen molar-refractivity contribution in [3.05, 3.63) is 41.5 Å². The fraction of sp³-hybridized carbons (Fsp3) is 0.552. The van der Waals surface area contributed by atoms with Gasteiger partial charge in [0.1, 0.15) is 12.4 Å². The number of hydrogen-bond donors (Lipinski definition) is 2. The van der Waals surface area contributed by atoms with Crippen molar-refractivity contribution in [2.45, 2.75) is 54.2 Å². The molecule has 226 valence electrons. The van der Waals surface area contributed by atoms with Crippen LogP contribution in [0.1, 0.15) is 50.0 Å². The Morgan fingerprint density at radius 3 is 2.45 bits per heavy atom. The summed E-state index contributed by atoms with van der Waals surface area (Å²) in [5.74, 6) is -5.58. The second kappa shape index (κ2) is 11.9. The maximum atomic E-state index is 13.9. The zero-order valence-corrected chi connectivity index (χ0v) is 25.7. The molecule has 1 aromatic rings. The second-order valence-corrected chi connectivity index (χ2v) is 12.9. The van der Waals surface area contributed by atoms with E-state index in [1.807, 2.05) is 6.08 Å². The molecular weight excluding hydrogens is 655 g/mol. The average molecular weight is 686 g/mol. The first-order valence-electron chi connectivity index (χ1n) is 13.9. The van der Waals surface area contributed by atoms with Crippen LogP contribution in [0.3, 0.4) is 0 Å². The Hall–Kier alpha value is -2.47. The normalized spacial score (nSPS) is 32.0. The van der Waals surface area contributed by atoms with Crippen molar-refractivity contribution in [2.24, 2.45) is 17.8 Å². The molecule has 3 fully saturated rings. The Kier molecular flexibility index (Phi) is 8.78. The van der Waals surface area contributed by atoms with Crippen LogP contribution in [0.2, 0.25) is 0 Å². The third-order valence-electron chi connectivity index (χ3n) is 8.96. The highest BCUT2D eigenvalue weighted by Crippen LogP contribution is 2.66. The Morgan fingerprint density at radius 1 is 1.02 bits per heavy atom. The number of imide groups is 2. The summed E-state index contributed by atoms with van der Waals surface area (Å²) in [5.41, 5.74) is 1.03. The van der Waals surface area contributed by atoms with Gasteiger partial charge in [-0.05, 0) is 37.7 Å². The van der Waals surface area contributed by atoms with Gasteiger partial charge in [0.2, 0.25) is 11.8 Å². The first-order valence-corrected chi connectivity index (χ1v) is 15.8. The monoisotopic (exact) mass is 684 g/mol. The molecule has 2 N–H and O–H groups in total. The predicted octanol–water partition coefficient (Wildman–Crippen LogP) is 3.41.